The molecule has 1 N–H and O–H groups in total. The van der Waals surface area contributed by atoms with Crippen LogP contribution >= 0.6 is 39.1 Å². The van der Waals surface area contributed by atoms with Crippen LogP contribution in [-0.4, -0.2) is 10.8 Å². The average Bonchev–Trinajstić information content (AvgIpc) is 2.45. The quantitative estimate of drug-likeness (QED) is 0.599. The smallest absolute Gasteiger partial charge is 0.270 e. The third kappa shape index (κ3) is 3.97. The normalized spacial score (nSPS) is 10.3. The Bertz CT molecular complexity index is 753. The molecule has 0 spiro atoms. The maximum Gasteiger partial charge on any atom is 0.270 e. The number of carbonyl (C=O) groups is 1. The molecule has 2 rings (SSSR count). The molecule has 0 fully saturated rings. The van der Waals surface area contributed by atoms with Gasteiger partial charge >= 0.3 is 0 Å². The van der Waals surface area contributed by atoms with Crippen molar-refractivity contribution >= 4 is 50.7 Å². The van der Waals surface area contributed by atoms with Crippen LogP contribution in [0.5, 0.6) is 0 Å². The summed E-state index contributed by atoms with van der Waals surface area (Å²) in [7, 11) is 0. The summed E-state index contributed by atoms with van der Waals surface area (Å²) in [6.07, 6.45) is 0. The maximum absolute atomic E-state index is 12.1. The first kappa shape index (κ1) is 16.7. The minimum Gasteiger partial charge on any atom is -0.348 e. The van der Waals surface area contributed by atoms with Gasteiger partial charge in [0.05, 0.1) is 15.5 Å². The molecule has 5 nitrogen and oxygen atoms in total. The lowest BCUT2D eigenvalue weighted by atomic mass is 10.1. The van der Waals surface area contributed by atoms with Crippen LogP contribution in [0.15, 0.2) is 40.9 Å². The number of nitro groups is 1. The molecule has 114 valence electrons. The Kier molecular flexibility index (Phi) is 5.39. The number of hydrogen-bond acceptors (Lipinski definition) is 3. The molecule has 0 aliphatic rings. The standard InChI is InChI=1S/C14H9BrCl2N2O3/c15-9-2-1-8(12(16)5-9)7-18-14(20)11-4-3-10(19(21)22)6-13(11)17/h1-6H,7H2,(H,18,20). The van der Waals surface area contributed by atoms with Crippen molar-refractivity contribution in [3.8, 4) is 0 Å². The summed E-state index contributed by atoms with van der Waals surface area (Å²) in [5.74, 6) is -0.432. The van der Waals surface area contributed by atoms with Crippen LogP contribution in [0.3, 0.4) is 0 Å². The minimum atomic E-state index is -0.574. The fraction of sp³-hybridized carbons (Fsp3) is 0.0714. The van der Waals surface area contributed by atoms with Crippen molar-refractivity contribution in [2.24, 2.45) is 0 Å². The van der Waals surface area contributed by atoms with Gasteiger partial charge in [-0.1, -0.05) is 45.2 Å². The van der Waals surface area contributed by atoms with Gasteiger partial charge in [0.2, 0.25) is 0 Å². The van der Waals surface area contributed by atoms with Gasteiger partial charge in [0.1, 0.15) is 0 Å². The van der Waals surface area contributed by atoms with E-state index in [1.165, 1.54) is 12.1 Å². The van der Waals surface area contributed by atoms with Gasteiger partial charge in [-0.3, -0.25) is 14.9 Å². The second-order valence-electron chi connectivity index (χ2n) is 4.34. The predicted octanol–water partition coefficient (Wildman–Crippen LogP) is 4.59. The summed E-state index contributed by atoms with van der Waals surface area (Å²) in [5.41, 5.74) is 0.745. The van der Waals surface area contributed by atoms with Crippen LogP contribution in [0, 0.1) is 10.1 Å². The topological polar surface area (TPSA) is 72.2 Å². The predicted molar refractivity (Wildman–Crippen MR) is 88.4 cm³/mol. The van der Waals surface area contributed by atoms with E-state index in [9.17, 15) is 14.9 Å². The molecular weight excluding hydrogens is 395 g/mol. The number of benzene rings is 2. The second kappa shape index (κ2) is 7.09. The number of nitrogens with zero attached hydrogens (tertiary/aromatic N) is 1. The van der Waals surface area contributed by atoms with E-state index >= 15 is 0 Å². The summed E-state index contributed by atoms with van der Waals surface area (Å²) in [6.45, 7) is 0.220. The van der Waals surface area contributed by atoms with Crippen molar-refractivity contribution in [3.05, 3.63) is 72.2 Å². The van der Waals surface area contributed by atoms with Crippen LogP contribution in [0.4, 0.5) is 5.69 Å². The molecule has 1 amide bonds. The van der Waals surface area contributed by atoms with Crippen LogP contribution in [0.1, 0.15) is 15.9 Å². The highest BCUT2D eigenvalue weighted by Gasteiger charge is 2.15. The lowest BCUT2D eigenvalue weighted by molar-refractivity contribution is -0.384. The number of halogens is 3. The molecule has 0 saturated carbocycles. The van der Waals surface area contributed by atoms with Crippen LogP contribution in [0.25, 0.3) is 0 Å². The molecule has 0 bridgehead atoms. The van der Waals surface area contributed by atoms with Crippen LogP contribution in [0.2, 0.25) is 10.0 Å². The van der Waals surface area contributed by atoms with E-state index in [0.717, 1.165) is 16.1 Å². The number of nitrogens with one attached hydrogen (secondary N) is 1. The molecule has 0 radical (unpaired) electrons. The zero-order valence-corrected chi connectivity index (χ0v) is 14.1. The maximum atomic E-state index is 12.1. The molecule has 22 heavy (non-hydrogen) atoms. The largest absolute Gasteiger partial charge is 0.348 e. The van der Waals surface area contributed by atoms with Crippen molar-refractivity contribution in [3.63, 3.8) is 0 Å². The van der Waals surface area contributed by atoms with E-state index in [2.05, 4.69) is 21.2 Å². The van der Waals surface area contributed by atoms with Crippen molar-refractivity contribution in [2.45, 2.75) is 6.54 Å². The van der Waals surface area contributed by atoms with Gasteiger partial charge < -0.3 is 5.32 Å². The van der Waals surface area contributed by atoms with E-state index in [-0.39, 0.29) is 22.8 Å². The Morgan fingerprint density at radius 2 is 1.91 bits per heavy atom. The van der Waals surface area contributed by atoms with Crippen molar-refractivity contribution < 1.29 is 9.72 Å². The first-order valence-corrected chi connectivity index (χ1v) is 7.59. The molecule has 0 unspecified atom stereocenters. The van der Waals surface area contributed by atoms with Gasteiger partial charge in [-0.25, -0.2) is 0 Å². The minimum absolute atomic E-state index is 0.0219. The van der Waals surface area contributed by atoms with Gasteiger partial charge in [-0.2, -0.15) is 0 Å². The van der Waals surface area contributed by atoms with Gasteiger partial charge in [0, 0.05) is 28.2 Å². The molecule has 0 aromatic heterocycles. The van der Waals surface area contributed by atoms with Crippen LogP contribution in [-0.2, 0) is 6.54 Å². The molecule has 0 atom stereocenters. The summed E-state index contributed by atoms with van der Waals surface area (Å²) in [4.78, 5) is 22.1. The van der Waals surface area contributed by atoms with E-state index in [1.807, 2.05) is 6.07 Å². The molecule has 0 saturated heterocycles. The van der Waals surface area contributed by atoms with Gasteiger partial charge in [0.15, 0.2) is 0 Å². The molecule has 0 aliphatic carbocycles. The fourth-order valence-electron chi connectivity index (χ4n) is 1.74. The van der Waals surface area contributed by atoms with E-state index in [0.29, 0.717) is 5.02 Å². The SMILES string of the molecule is O=C(NCc1ccc(Br)cc1Cl)c1ccc([N+](=O)[O-])cc1Cl. The second-order valence-corrected chi connectivity index (χ2v) is 6.07. The van der Waals surface area contributed by atoms with E-state index in [1.54, 1.807) is 12.1 Å². The first-order chi connectivity index (χ1) is 10.4. The molecule has 0 heterocycles. The Morgan fingerprint density at radius 1 is 1.18 bits per heavy atom. The lowest BCUT2D eigenvalue weighted by Crippen LogP contribution is -2.23. The highest BCUT2D eigenvalue weighted by Crippen LogP contribution is 2.23. The fourth-order valence-corrected chi connectivity index (χ4v) is 2.74. The zero-order chi connectivity index (χ0) is 16.3. The number of rotatable bonds is 4. The van der Waals surface area contributed by atoms with Gasteiger partial charge in [-0.05, 0) is 23.8 Å². The lowest BCUT2D eigenvalue weighted by Gasteiger charge is -2.08. The highest BCUT2D eigenvalue weighted by molar-refractivity contribution is 9.10. The molecular formula is C14H9BrCl2N2O3. The van der Waals surface area contributed by atoms with E-state index in [4.69, 9.17) is 23.2 Å². The third-order valence-electron chi connectivity index (χ3n) is 2.86. The number of non-ortho nitro benzene ring substituents is 1. The Hall–Kier alpha value is -1.63. The van der Waals surface area contributed by atoms with Crippen LogP contribution < -0.4 is 5.32 Å². The summed E-state index contributed by atoms with van der Waals surface area (Å²) >= 11 is 15.3. The Labute approximate surface area is 144 Å². The average molecular weight is 404 g/mol. The van der Waals surface area contributed by atoms with Gasteiger partial charge in [0.25, 0.3) is 11.6 Å². The Balaban J connectivity index is 2.11. The molecule has 2 aromatic carbocycles. The van der Waals surface area contributed by atoms with E-state index < -0.39 is 10.8 Å². The third-order valence-corrected chi connectivity index (χ3v) is 4.02. The molecule has 2 aromatic rings. The number of hydrogen-bond donors (Lipinski definition) is 1. The zero-order valence-electron chi connectivity index (χ0n) is 11.0. The van der Waals surface area contributed by atoms with Crippen molar-refractivity contribution in [1.29, 1.82) is 0 Å². The summed E-state index contributed by atoms with van der Waals surface area (Å²) in [5, 5.41) is 13.8. The number of nitro benzene ring substituents is 1. The summed E-state index contributed by atoms with van der Waals surface area (Å²) in [6, 6.07) is 9.01. The van der Waals surface area contributed by atoms with Crippen molar-refractivity contribution in [2.75, 3.05) is 0 Å². The number of carbonyl (C=O) groups excluding carboxylic acids is 1. The first-order valence-electron chi connectivity index (χ1n) is 6.04. The number of amides is 1. The molecule has 0 aliphatic heterocycles. The highest BCUT2D eigenvalue weighted by atomic mass is 79.9. The van der Waals surface area contributed by atoms with Crippen molar-refractivity contribution in [1.82, 2.24) is 5.32 Å². The Morgan fingerprint density at radius 3 is 2.50 bits per heavy atom. The van der Waals surface area contributed by atoms with Gasteiger partial charge in [-0.15, -0.1) is 0 Å². The molecule has 8 heteroatoms. The summed E-state index contributed by atoms with van der Waals surface area (Å²) < 4.78 is 0.839. The monoisotopic (exact) mass is 402 g/mol.